The number of rotatable bonds is 43. The second-order valence-electron chi connectivity index (χ2n) is 21.4. The molecule has 0 saturated carbocycles. The lowest BCUT2D eigenvalue weighted by atomic mass is 9.96. The van der Waals surface area contributed by atoms with Gasteiger partial charge in [-0.05, 0) is 83.5 Å². The van der Waals surface area contributed by atoms with Crippen molar-refractivity contribution in [2.75, 3.05) is 26.4 Å². The van der Waals surface area contributed by atoms with E-state index in [1.807, 2.05) is 6.08 Å². The van der Waals surface area contributed by atoms with E-state index in [1.165, 1.54) is 70.6 Å². The molecule has 3 saturated heterocycles. The van der Waals surface area contributed by atoms with Gasteiger partial charge in [-0.1, -0.05) is 163 Å². The van der Waals surface area contributed by atoms with Crippen LogP contribution in [0.25, 0.3) is 0 Å². The summed E-state index contributed by atoms with van der Waals surface area (Å²) in [6, 6.07) is -1.02. The number of aliphatic hydroxyl groups excluding tert-OH is 11. The standard InChI is InChI=1S/C62H105NO18/c1-3-5-7-9-11-13-15-17-19-20-21-22-23-24-26-27-29-31-33-35-37-39-46(67)45(63-50(68)40-38-36-34-32-30-28-25-18-16-14-12-10-8-6-4-2)44-76-60-56(74)53(71)58(48(42-65)78-60)81-62-57(75)54(72)59(49(43-66)79-62)80-61-55(73)52(70)51(69)47(41-64)77-61/h6,8,12,14,18,23-25,29-32,37,39,45-49,51-62,64-67,69-75H,3-5,7,9-11,13,15-17,19-22,26-28,33-36,38,40-44H2,1-2H3,(H,63,68)/b8-6-,14-12-,24-23+,25-18-,31-29+,32-30-,39-37+. The Labute approximate surface area is 482 Å². The van der Waals surface area contributed by atoms with Crippen molar-refractivity contribution in [3.8, 4) is 0 Å². The molecule has 0 bridgehead atoms. The summed E-state index contributed by atoms with van der Waals surface area (Å²) in [5, 5.41) is 120. The average Bonchev–Trinajstić information content (AvgIpc) is 3.52. The van der Waals surface area contributed by atoms with Gasteiger partial charge in [0.15, 0.2) is 18.9 Å². The van der Waals surface area contributed by atoms with Crippen LogP contribution in [0, 0.1) is 0 Å². The summed E-state index contributed by atoms with van der Waals surface area (Å²) in [5.74, 6) is -0.334. The van der Waals surface area contributed by atoms with Crippen LogP contribution in [0.1, 0.15) is 168 Å². The molecule has 0 radical (unpaired) electrons. The summed E-state index contributed by atoms with van der Waals surface area (Å²) >= 11 is 0. The summed E-state index contributed by atoms with van der Waals surface area (Å²) in [5.41, 5.74) is 0. The van der Waals surface area contributed by atoms with Crippen LogP contribution in [-0.2, 0) is 33.2 Å². The first-order chi connectivity index (χ1) is 39.3. The van der Waals surface area contributed by atoms with E-state index in [2.05, 4.69) is 92.1 Å². The monoisotopic (exact) mass is 1150 g/mol. The third-order valence-corrected chi connectivity index (χ3v) is 14.7. The number of allylic oxidation sites excluding steroid dienone is 13. The second-order valence-corrected chi connectivity index (χ2v) is 21.4. The van der Waals surface area contributed by atoms with Gasteiger partial charge in [0.05, 0.1) is 38.6 Å². The fourth-order valence-electron chi connectivity index (χ4n) is 9.68. The van der Waals surface area contributed by atoms with Gasteiger partial charge in [0.25, 0.3) is 0 Å². The molecule has 17 atom stereocenters. The number of hydrogen-bond acceptors (Lipinski definition) is 18. The maximum Gasteiger partial charge on any atom is 0.220 e. The van der Waals surface area contributed by atoms with Crippen molar-refractivity contribution in [2.45, 2.75) is 272 Å². The van der Waals surface area contributed by atoms with Crippen molar-refractivity contribution in [3.05, 3.63) is 85.1 Å². The highest BCUT2D eigenvalue weighted by atomic mass is 16.8. The van der Waals surface area contributed by atoms with E-state index in [0.717, 1.165) is 64.2 Å². The van der Waals surface area contributed by atoms with E-state index >= 15 is 0 Å². The summed E-state index contributed by atoms with van der Waals surface area (Å²) in [4.78, 5) is 13.3. The topological polar surface area (TPSA) is 307 Å². The van der Waals surface area contributed by atoms with Crippen LogP contribution in [-0.4, -0.2) is 193 Å². The van der Waals surface area contributed by atoms with Gasteiger partial charge in [0.1, 0.15) is 73.2 Å². The molecular formula is C62H105NO18. The Morgan fingerprint density at radius 1 is 0.457 bits per heavy atom. The number of amides is 1. The number of unbranched alkanes of at least 4 members (excludes halogenated alkanes) is 15. The van der Waals surface area contributed by atoms with Gasteiger partial charge in [0, 0.05) is 6.42 Å². The largest absolute Gasteiger partial charge is 0.394 e. The van der Waals surface area contributed by atoms with Gasteiger partial charge in [0.2, 0.25) is 5.91 Å². The summed E-state index contributed by atoms with van der Waals surface area (Å²) in [7, 11) is 0. The molecule has 3 fully saturated rings. The number of carbonyl (C=O) groups excluding carboxylic acids is 1. The molecule has 3 heterocycles. The fourth-order valence-corrected chi connectivity index (χ4v) is 9.68. The predicted octanol–water partition coefficient (Wildman–Crippen LogP) is 5.59. The van der Waals surface area contributed by atoms with Crippen molar-refractivity contribution < 1.29 is 89.4 Å². The highest BCUT2D eigenvalue weighted by molar-refractivity contribution is 5.76. The Balaban J connectivity index is 1.53. The van der Waals surface area contributed by atoms with Crippen molar-refractivity contribution in [1.82, 2.24) is 5.32 Å². The van der Waals surface area contributed by atoms with Crippen LogP contribution in [0.5, 0.6) is 0 Å². The normalized spacial score (nSPS) is 30.4. The SMILES string of the molecule is CC/C=C\C/C=C\C/C=C\C/C=C\CCCCC(=O)NC(COC1OC(CO)C(OC2OC(CO)C(OC3OC(CO)C(O)C(O)C3O)C(O)C2O)C(O)C1O)C(O)/C=C/CC/C=C/CC/C=C/CCCCCCCCCCCCC. The Bertz CT molecular complexity index is 1810. The van der Waals surface area contributed by atoms with Crippen LogP contribution in [0.4, 0.5) is 0 Å². The summed E-state index contributed by atoms with van der Waals surface area (Å²) in [6.07, 6.45) is 27.2. The predicted molar refractivity (Wildman–Crippen MR) is 309 cm³/mol. The van der Waals surface area contributed by atoms with E-state index in [4.69, 9.17) is 28.4 Å². The Morgan fingerprint density at radius 3 is 1.38 bits per heavy atom. The number of carbonyl (C=O) groups is 1. The van der Waals surface area contributed by atoms with E-state index in [-0.39, 0.29) is 12.3 Å². The molecule has 81 heavy (non-hydrogen) atoms. The van der Waals surface area contributed by atoms with Crippen LogP contribution < -0.4 is 5.32 Å². The molecule has 0 aromatic rings. The van der Waals surface area contributed by atoms with Gasteiger partial charge in [-0.2, -0.15) is 0 Å². The van der Waals surface area contributed by atoms with E-state index in [9.17, 15) is 61.0 Å². The molecule has 12 N–H and O–H groups in total. The van der Waals surface area contributed by atoms with E-state index in [0.29, 0.717) is 12.8 Å². The van der Waals surface area contributed by atoms with Gasteiger partial charge < -0.3 is 89.9 Å². The Morgan fingerprint density at radius 2 is 0.864 bits per heavy atom. The van der Waals surface area contributed by atoms with Gasteiger partial charge in [-0.25, -0.2) is 0 Å². The average molecular weight is 1150 g/mol. The molecule has 3 rings (SSSR count). The first-order valence-electron chi connectivity index (χ1n) is 30.3. The van der Waals surface area contributed by atoms with Crippen molar-refractivity contribution in [1.29, 1.82) is 0 Å². The minimum atomic E-state index is -1.99. The molecule has 466 valence electrons. The van der Waals surface area contributed by atoms with E-state index in [1.54, 1.807) is 6.08 Å². The van der Waals surface area contributed by atoms with Crippen molar-refractivity contribution >= 4 is 5.91 Å². The van der Waals surface area contributed by atoms with Crippen molar-refractivity contribution in [2.24, 2.45) is 0 Å². The molecule has 3 aliphatic heterocycles. The maximum atomic E-state index is 13.3. The maximum absolute atomic E-state index is 13.3. The van der Waals surface area contributed by atoms with Gasteiger partial charge >= 0.3 is 0 Å². The summed E-state index contributed by atoms with van der Waals surface area (Å²) < 4.78 is 34.2. The Hall–Kier alpha value is -3.03. The fraction of sp³-hybridized carbons (Fsp3) is 0.758. The molecule has 1 amide bonds. The van der Waals surface area contributed by atoms with Crippen molar-refractivity contribution in [3.63, 3.8) is 0 Å². The molecular weight excluding hydrogens is 1050 g/mol. The first kappa shape index (κ1) is 72.2. The number of hydrogen-bond donors (Lipinski definition) is 12. The highest BCUT2D eigenvalue weighted by Crippen LogP contribution is 2.33. The lowest BCUT2D eigenvalue weighted by Gasteiger charge is -2.48. The second kappa shape index (κ2) is 44.4. The quantitative estimate of drug-likeness (QED) is 0.0261. The smallest absolute Gasteiger partial charge is 0.220 e. The zero-order valence-corrected chi connectivity index (χ0v) is 48.5. The highest BCUT2D eigenvalue weighted by Gasteiger charge is 2.53. The molecule has 0 aromatic heterocycles. The third kappa shape index (κ3) is 28.1. The number of aliphatic hydroxyl groups is 11. The minimum absolute atomic E-state index is 0.175. The first-order valence-corrected chi connectivity index (χ1v) is 30.3. The van der Waals surface area contributed by atoms with E-state index < -0.39 is 131 Å². The lowest BCUT2D eigenvalue weighted by Crippen LogP contribution is -2.66. The molecule has 19 nitrogen and oxygen atoms in total. The van der Waals surface area contributed by atoms with Crippen LogP contribution in [0.15, 0.2) is 85.1 Å². The zero-order valence-electron chi connectivity index (χ0n) is 48.5. The summed E-state index contributed by atoms with van der Waals surface area (Å²) in [6.45, 7) is 1.52. The molecule has 3 aliphatic rings. The van der Waals surface area contributed by atoms with Gasteiger partial charge in [-0.15, -0.1) is 0 Å². The minimum Gasteiger partial charge on any atom is -0.394 e. The van der Waals surface area contributed by atoms with Gasteiger partial charge in [-0.3, -0.25) is 4.79 Å². The van der Waals surface area contributed by atoms with Crippen LogP contribution in [0.2, 0.25) is 0 Å². The number of ether oxygens (including phenoxy) is 6. The number of nitrogens with one attached hydrogen (secondary N) is 1. The Kier molecular flexibility index (Phi) is 39.6. The third-order valence-electron chi connectivity index (χ3n) is 14.7. The van der Waals surface area contributed by atoms with Crippen LogP contribution >= 0.6 is 0 Å². The molecule has 17 unspecified atom stereocenters. The molecule has 0 aliphatic carbocycles. The lowest BCUT2D eigenvalue weighted by molar-refractivity contribution is -0.379. The zero-order chi connectivity index (χ0) is 59.0. The van der Waals surface area contributed by atoms with Crippen LogP contribution in [0.3, 0.4) is 0 Å². The molecule has 0 spiro atoms. The molecule has 0 aromatic carbocycles. The molecule has 19 heteroatoms.